The van der Waals surface area contributed by atoms with Crippen LogP contribution in [0.15, 0.2) is 36.7 Å². The van der Waals surface area contributed by atoms with Gasteiger partial charge in [-0.2, -0.15) is 18.3 Å². The normalized spacial score (nSPS) is 19.0. The van der Waals surface area contributed by atoms with Crippen molar-refractivity contribution in [3.63, 3.8) is 0 Å². The fourth-order valence-corrected chi connectivity index (χ4v) is 4.04. The first kappa shape index (κ1) is 22.5. The Balaban J connectivity index is 1.45. The van der Waals surface area contributed by atoms with Gasteiger partial charge in [0.2, 0.25) is 5.91 Å². The van der Waals surface area contributed by atoms with Crippen LogP contribution >= 0.6 is 0 Å². The molecule has 34 heavy (non-hydrogen) atoms. The van der Waals surface area contributed by atoms with Crippen molar-refractivity contribution in [3.8, 4) is 16.9 Å². The quantitative estimate of drug-likeness (QED) is 0.513. The van der Waals surface area contributed by atoms with Crippen LogP contribution < -0.4 is 15.8 Å². The molecule has 7 nitrogen and oxygen atoms in total. The van der Waals surface area contributed by atoms with E-state index in [0.29, 0.717) is 16.9 Å². The number of nitrogens with one attached hydrogen (secondary N) is 1. The molecule has 180 valence electrons. The number of carbonyl (C=O) groups excluding carboxylic acids is 1. The van der Waals surface area contributed by atoms with E-state index in [1.54, 1.807) is 12.1 Å². The van der Waals surface area contributed by atoms with Crippen LogP contribution in [0.4, 0.5) is 27.8 Å². The van der Waals surface area contributed by atoms with Gasteiger partial charge in [0.15, 0.2) is 5.82 Å². The SMILES string of the molecule is NC1(COc2cnc(C(F)(F)F)cc2-c2ccn3nc(NC(=O)C4CC4)cc3c2)CC(F)(F)C1. The fourth-order valence-electron chi connectivity index (χ4n) is 4.04. The van der Waals surface area contributed by atoms with Gasteiger partial charge in [-0.15, -0.1) is 0 Å². The molecule has 0 aromatic carbocycles. The van der Waals surface area contributed by atoms with Gasteiger partial charge in [-0.05, 0) is 36.6 Å². The minimum absolute atomic E-state index is 0.0147. The van der Waals surface area contributed by atoms with Crippen LogP contribution in [0.5, 0.6) is 5.75 Å². The highest BCUT2D eigenvalue weighted by atomic mass is 19.4. The number of halogens is 5. The molecule has 0 unspecified atom stereocenters. The highest BCUT2D eigenvalue weighted by Crippen LogP contribution is 2.45. The average molecular weight is 481 g/mol. The molecule has 12 heteroatoms. The van der Waals surface area contributed by atoms with Crippen LogP contribution in [0.2, 0.25) is 0 Å². The predicted molar refractivity (Wildman–Crippen MR) is 111 cm³/mol. The van der Waals surface area contributed by atoms with E-state index in [2.05, 4.69) is 15.4 Å². The van der Waals surface area contributed by atoms with Gasteiger partial charge >= 0.3 is 6.18 Å². The number of nitrogens with zero attached hydrogens (tertiary/aromatic N) is 3. The minimum atomic E-state index is -4.70. The highest BCUT2D eigenvalue weighted by molar-refractivity contribution is 5.93. The van der Waals surface area contributed by atoms with Crippen LogP contribution in [-0.4, -0.2) is 38.6 Å². The molecule has 2 aliphatic carbocycles. The van der Waals surface area contributed by atoms with E-state index in [1.807, 2.05) is 0 Å². The van der Waals surface area contributed by atoms with Crippen molar-refractivity contribution in [2.75, 3.05) is 11.9 Å². The molecule has 0 bridgehead atoms. The molecule has 0 radical (unpaired) electrons. The largest absolute Gasteiger partial charge is 0.489 e. The van der Waals surface area contributed by atoms with Gasteiger partial charge in [-0.25, -0.2) is 18.3 Å². The summed E-state index contributed by atoms with van der Waals surface area (Å²) in [5, 5.41) is 6.97. The van der Waals surface area contributed by atoms with Gasteiger partial charge in [-0.1, -0.05) is 0 Å². The lowest BCUT2D eigenvalue weighted by atomic mass is 9.75. The van der Waals surface area contributed by atoms with E-state index >= 15 is 0 Å². The first-order chi connectivity index (χ1) is 15.9. The molecule has 0 spiro atoms. The summed E-state index contributed by atoms with van der Waals surface area (Å²) in [6, 6.07) is 5.55. The van der Waals surface area contributed by atoms with Gasteiger partial charge in [-0.3, -0.25) is 4.79 Å². The Morgan fingerprint density at radius 1 is 1.24 bits per heavy atom. The summed E-state index contributed by atoms with van der Waals surface area (Å²) in [4.78, 5) is 15.4. The molecule has 3 aromatic heterocycles. The zero-order valence-corrected chi connectivity index (χ0v) is 17.7. The van der Waals surface area contributed by atoms with Crippen molar-refractivity contribution < 1.29 is 31.5 Å². The summed E-state index contributed by atoms with van der Waals surface area (Å²) in [6.45, 7) is -0.297. The summed E-state index contributed by atoms with van der Waals surface area (Å²) in [7, 11) is 0. The standard InChI is InChI=1S/C22H20F5N5O2/c23-21(24)9-20(28,10-21)11-34-16-8-29-17(22(25,26)27)7-15(16)13-3-4-32-14(5-13)6-18(31-32)30-19(33)12-1-2-12/h3-8,12H,1-2,9-11,28H2,(H,30,31,33). The zero-order chi connectivity index (χ0) is 24.3. The number of alkyl halides is 5. The third-order valence-corrected chi connectivity index (χ3v) is 5.87. The molecule has 0 aliphatic heterocycles. The second-order valence-electron chi connectivity index (χ2n) is 9.00. The third-order valence-electron chi connectivity index (χ3n) is 5.87. The van der Waals surface area contributed by atoms with Gasteiger partial charge < -0.3 is 15.8 Å². The molecule has 2 saturated carbocycles. The lowest BCUT2D eigenvalue weighted by Gasteiger charge is -2.43. The van der Waals surface area contributed by atoms with E-state index in [9.17, 15) is 26.7 Å². The van der Waals surface area contributed by atoms with Crippen molar-refractivity contribution in [1.29, 1.82) is 0 Å². The van der Waals surface area contributed by atoms with Crippen molar-refractivity contribution in [2.24, 2.45) is 11.7 Å². The number of nitrogens with two attached hydrogens (primary N) is 1. The molecule has 0 atom stereocenters. The van der Waals surface area contributed by atoms with Crippen LogP contribution in [0.1, 0.15) is 31.4 Å². The Kier molecular flexibility index (Phi) is 5.04. The number of amides is 1. The molecular weight excluding hydrogens is 461 g/mol. The number of anilines is 1. The maximum Gasteiger partial charge on any atom is 0.433 e. The second kappa shape index (κ2) is 7.62. The Labute approximate surface area is 190 Å². The maximum atomic E-state index is 13.3. The predicted octanol–water partition coefficient (Wildman–Crippen LogP) is 4.27. The Bertz CT molecular complexity index is 1260. The number of rotatable bonds is 6. The number of hydrogen-bond acceptors (Lipinski definition) is 5. The number of fused-ring (bicyclic) bond motifs is 1. The third kappa shape index (κ3) is 4.54. The number of pyridine rings is 2. The van der Waals surface area contributed by atoms with Crippen molar-refractivity contribution >= 4 is 17.2 Å². The minimum Gasteiger partial charge on any atom is -0.489 e. The van der Waals surface area contributed by atoms with E-state index < -0.39 is 36.2 Å². The van der Waals surface area contributed by atoms with Crippen LogP contribution in [-0.2, 0) is 11.0 Å². The molecule has 0 saturated heterocycles. The van der Waals surface area contributed by atoms with Gasteiger partial charge in [0.05, 0.1) is 17.3 Å². The summed E-state index contributed by atoms with van der Waals surface area (Å²) in [6.07, 6.45) is -1.72. The van der Waals surface area contributed by atoms with Gasteiger partial charge in [0.1, 0.15) is 18.1 Å². The molecule has 1 amide bonds. The van der Waals surface area contributed by atoms with Crippen LogP contribution in [0.3, 0.4) is 0 Å². The Morgan fingerprint density at radius 2 is 1.97 bits per heavy atom. The van der Waals surface area contributed by atoms with Gasteiger partial charge in [0, 0.05) is 36.6 Å². The van der Waals surface area contributed by atoms with E-state index in [4.69, 9.17) is 10.5 Å². The second-order valence-corrected chi connectivity index (χ2v) is 9.00. The molecule has 2 fully saturated rings. The zero-order valence-electron chi connectivity index (χ0n) is 17.7. The van der Waals surface area contributed by atoms with Crippen molar-refractivity contribution in [2.45, 2.75) is 43.3 Å². The lowest BCUT2D eigenvalue weighted by molar-refractivity contribution is -0.141. The highest BCUT2D eigenvalue weighted by Gasteiger charge is 2.55. The number of carbonyl (C=O) groups is 1. The van der Waals surface area contributed by atoms with E-state index in [-0.39, 0.29) is 29.7 Å². The fraction of sp³-hybridized carbons (Fsp3) is 0.409. The first-order valence-corrected chi connectivity index (χ1v) is 10.6. The molecular formula is C22H20F5N5O2. The summed E-state index contributed by atoms with van der Waals surface area (Å²) >= 11 is 0. The number of aromatic nitrogens is 3. The molecule has 3 aromatic rings. The average Bonchev–Trinajstić information content (AvgIpc) is 3.50. The van der Waals surface area contributed by atoms with Crippen molar-refractivity contribution in [1.82, 2.24) is 14.6 Å². The van der Waals surface area contributed by atoms with Crippen LogP contribution in [0, 0.1) is 5.92 Å². The Morgan fingerprint density at radius 3 is 2.62 bits per heavy atom. The Hall–Kier alpha value is -3.28. The molecule has 3 heterocycles. The topological polar surface area (TPSA) is 94.5 Å². The van der Waals surface area contributed by atoms with Gasteiger partial charge in [0.25, 0.3) is 5.92 Å². The molecule has 3 N–H and O–H groups in total. The van der Waals surface area contributed by atoms with Crippen molar-refractivity contribution in [3.05, 3.63) is 42.4 Å². The summed E-state index contributed by atoms with van der Waals surface area (Å²) in [5.74, 6) is -2.70. The summed E-state index contributed by atoms with van der Waals surface area (Å²) in [5.41, 5.74) is 4.47. The first-order valence-electron chi connectivity index (χ1n) is 10.6. The number of hydrogen-bond donors (Lipinski definition) is 2. The van der Waals surface area contributed by atoms with E-state index in [1.165, 1.54) is 16.8 Å². The molecule has 2 aliphatic rings. The molecule has 5 rings (SSSR count). The van der Waals surface area contributed by atoms with E-state index in [0.717, 1.165) is 25.1 Å². The van der Waals surface area contributed by atoms with Crippen LogP contribution in [0.25, 0.3) is 16.6 Å². The maximum absolute atomic E-state index is 13.3. The monoisotopic (exact) mass is 481 g/mol. The summed E-state index contributed by atoms with van der Waals surface area (Å²) < 4.78 is 73.6. The number of ether oxygens (including phenoxy) is 1. The smallest absolute Gasteiger partial charge is 0.433 e. The lowest BCUT2D eigenvalue weighted by Crippen LogP contribution is -2.61.